The van der Waals surface area contributed by atoms with Crippen LogP contribution in [-0.4, -0.2) is 87.8 Å². The summed E-state index contributed by atoms with van der Waals surface area (Å²) in [6, 6.07) is 9.17. The molecule has 57 heavy (non-hydrogen) atoms. The van der Waals surface area contributed by atoms with E-state index in [1.807, 2.05) is 0 Å². The Bertz CT molecular complexity index is 2820. The van der Waals surface area contributed by atoms with Gasteiger partial charge in [0.15, 0.2) is 9.84 Å². The van der Waals surface area contributed by atoms with Gasteiger partial charge >= 0.3 is 94.8 Å². The minimum Gasteiger partial charge on any atom is -0.871 e. The van der Waals surface area contributed by atoms with Gasteiger partial charge in [-0.25, -0.2) is 25.3 Å². The summed E-state index contributed by atoms with van der Waals surface area (Å²) in [5, 5.41) is 25.5. The Morgan fingerprint density at radius 1 is 0.807 bits per heavy atom. The van der Waals surface area contributed by atoms with Crippen LogP contribution >= 0.6 is 0 Å². The molecule has 286 valence electrons. The molecule has 0 spiro atoms. The van der Waals surface area contributed by atoms with Crippen LogP contribution in [0.25, 0.3) is 21.5 Å². The van der Waals surface area contributed by atoms with Gasteiger partial charge in [0.25, 0.3) is 10.1 Å². The summed E-state index contributed by atoms with van der Waals surface area (Å²) in [7, 11) is -19.3. The minimum atomic E-state index is -5.48. The van der Waals surface area contributed by atoms with Gasteiger partial charge in [0.2, 0.25) is 11.9 Å². The molecule has 4 aromatic carbocycles. The van der Waals surface area contributed by atoms with Crippen molar-refractivity contribution in [1.29, 1.82) is 0 Å². The number of anilines is 3. The van der Waals surface area contributed by atoms with Crippen LogP contribution in [-0.2, 0) is 44.9 Å². The van der Waals surface area contributed by atoms with Crippen molar-refractivity contribution in [2.45, 2.75) is 14.7 Å². The van der Waals surface area contributed by atoms with E-state index >= 15 is 0 Å². The second kappa shape index (κ2) is 20.3. The summed E-state index contributed by atoms with van der Waals surface area (Å²) in [5.41, 5.74) is -1.69. The summed E-state index contributed by atoms with van der Waals surface area (Å²) < 4.78 is 149. The molecule has 0 bridgehead atoms. The summed E-state index contributed by atoms with van der Waals surface area (Å²) in [5.74, 6) is -2.04. The second-order valence-corrected chi connectivity index (χ2v) is 16.9. The first kappa shape index (κ1) is 50.9. The average Bonchev–Trinajstić information content (AvgIpc) is 3.07. The zero-order valence-corrected chi connectivity index (χ0v) is 39.2. The molecule has 0 aliphatic rings. The van der Waals surface area contributed by atoms with Crippen molar-refractivity contribution in [3.63, 3.8) is 0 Å². The quantitative estimate of drug-likeness (QED) is 0.0381. The molecule has 0 saturated heterocycles. The zero-order valence-electron chi connectivity index (χ0n) is 29.9. The summed E-state index contributed by atoms with van der Waals surface area (Å²) in [4.78, 5) is 7.95. The van der Waals surface area contributed by atoms with E-state index in [9.17, 15) is 56.8 Å². The molecule has 0 aliphatic carbocycles. The first-order chi connectivity index (χ1) is 25.2. The van der Waals surface area contributed by atoms with Gasteiger partial charge in [-0.05, 0) is 41.1 Å². The molecule has 20 nitrogen and oxygen atoms in total. The van der Waals surface area contributed by atoms with Gasteiger partial charge in [-0.3, -0.25) is 4.55 Å². The Morgan fingerprint density at radius 2 is 1.46 bits per heavy atom. The Kier molecular flexibility index (Phi) is 18.1. The van der Waals surface area contributed by atoms with Crippen LogP contribution in [0, 0.1) is 6.08 Å². The number of ether oxygens (including phenoxy) is 1. The third kappa shape index (κ3) is 12.9. The molecule has 0 unspecified atom stereocenters. The number of hydrogen-bond acceptors (Lipinski definition) is 19. The summed E-state index contributed by atoms with van der Waals surface area (Å²) in [6.45, 7) is 3.10. The van der Waals surface area contributed by atoms with Crippen LogP contribution in [0.4, 0.5) is 33.3 Å². The van der Waals surface area contributed by atoms with Crippen LogP contribution in [0.15, 0.2) is 91.5 Å². The number of azo groups is 1. The van der Waals surface area contributed by atoms with E-state index in [0.29, 0.717) is 0 Å². The van der Waals surface area contributed by atoms with Gasteiger partial charge in [0.1, 0.15) is 30.8 Å². The number of halogens is 1. The van der Waals surface area contributed by atoms with Crippen LogP contribution in [0.2, 0.25) is 0 Å². The van der Waals surface area contributed by atoms with Crippen molar-refractivity contribution in [3.8, 4) is 5.75 Å². The maximum Gasteiger partial charge on any atom is 1.00 e. The number of fused-ring (bicyclic) bond motifs is 2. The molecule has 0 saturated carbocycles. The number of nitrogens with one attached hydrogen (secondary N) is 2. The normalized spacial score (nSPS) is 12.1. The summed E-state index contributed by atoms with van der Waals surface area (Å²) >= 11 is 0. The molecule has 0 atom stereocenters. The largest absolute Gasteiger partial charge is 1.00 e. The van der Waals surface area contributed by atoms with Crippen molar-refractivity contribution in [1.82, 2.24) is 15.0 Å². The molecule has 5 rings (SSSR count). The SMILES string of the molecule is C=CS(=O)(=O)CCOCCNc1nc(F)nc(Nc2ccc3c([O-])c(N=Nc4ccc5c(S(=O)(=O)[O-])cccc5c4S(=O)(=O)O)c(S(=O)(=O)[O-])cc3c2)n1.[Na+].[Na+].[Na+]. The third-order valence-electron chi connectivity index (χ3n) is 7.20. The maximum absolute atomic E-state index is 14.2. The van der Waals surface area contributed by atoms with E-state index in [0.717, 1.165) is 41.8 Å². The fraction of sp³-hybridized carbons (Fsp3) is 0.138. The van der Waals surface area contributed by atoms with E-state index in [1.54, 1.807) is 0 Å². The van der Waals surface area contributed by atoms with Crippen molar-refractivity contribution in [2.24, 2.45) is 10.2 Å². The van der Waals surface area contributed by atoms with Crippen LogP contribution in [0.1, 0.15) is 0 Å². The molecule has 5 aromatic rings. The van der Waals surface area contributed by atoms with Gasteiger partial charge in [-0.15, -0.1) is 10.2 Å². The van der Waals surface area contributed by atoms with E-state index in [1.165, 1.54) is 18.2 Å². The fourth-order valence-corrected chi connectivity index (χ4v) is 7.55. The molecule has 0 radical (unpaired) electrons. The molecule has 3 N–H and O–H groups in total. The number of benzene rings is 4. The topological polar surface area (TPSA) is 323 Å². The number of aromatic nitrogens is 3. The van der Waals surface area contributed by atoms with Crippen molar-refractivity contribution >= 4 is 90.7 Å². The number of hydrogen-bond donors (Lipinski definition) is 3. The molecular weight excluding hydrogens is 871 g/mol. The molecule has 1 aromatic heterocycles. The molecule has 0 aliphatic heterocycles. The van der Waals surface area contributed by atoms with Gasteiger partial charge in [0, 0.05) is 28.4 Å². The first-order valence-electron chi connectivity index (χ1n) is 14.7. The van der Waals surface area contributed by atoms with E-state index < -0.39 is 88.9 Å². The number of rotatable bonds is 15. The predicted molar refractivity (Wildman–Crippen MR) is 184 cm³/mol. The zero-order chi connectivity index (χ0) is 39.6. The smallest absolute Gasteiger partial charge is 0.871 e. The Morgan fingerprint density at radius 3 is 2.09 bits per heavy atom. The number of sulfone groups is 1. The Labute approximate surface area is 390 Å². The molecule has 1 heterocycles. The third-order valence-corrected chi connectivity index (χ3v) is 11.1. The fourth-order valence-electron chi connectivity index (χ4n) is 4.87. The molecular formula is C29H23FN7Na3O13S4. The molecule has 0 amide bonds. The van der Waals surface area contributed by atoms with E-state index in [4.69, 9.17) is 4.74 Å². The monoisotopic (exact) mass is 893 g/mol. The van der Waals surface area contributed by atoms with Crippen molar-refractivity contribution in [2.75, 3.05) is 36.1 Å². The van der Waals surface area contributed by atoms with Gasteiger partial charge in [-0.1, -0.05) is 36.6 Å². The van der Waals surface area contributed by atoms with Crippen molar-refractivity contribution in [3.05, 3.63) is 72.7 Å². The van der Waals surface area contributed by atoms with Crippen LogP contribution < -0.4 is 104 Å². The predicted octanol–water partition coefficient (Wildman–Crippen LogP) is -6.40. The average molecular weight is 894 g/mol. The molecule has 0 fully saturated rings. The standard InChI is InChI=1S/C29H26FN7O13S4.3Na/c1-2-51(39,40)13-12-50-11-10-31-28-33-27(30)34-29(35-28)32-17-6-7-18-16(14-17)15-23(53(44,45)46)24(25(18)38)37-36-21-9-8-19-20(26(21)54(47,48)49)4-3-5-22(19)52(41,42)43;;;/h2-9,14-15,38H,1,10-13H2,(H,41,42,43)(H,44,45,46)(H,47,48,49)(H2,31,32,33,34,35);;;/q;3*+1/p-3. The maximum atomic E-state index is 14.2. The Hall–Kier alpha value is -2.28. The first-order valence-corrected chi connectivity index (χ1v) is 20.6. The van der Waals surface area contributed by atoms with Gasteiger partial charge < -0.3 is 29.6 Å². The van der Waals surface area contributed by atoms with Gasteiger partial charge in [-0.2, -0.15) is 27.8 Å². The van der Waals surface area contributed by atoms with Crippen LogP contribution in [0.5, 0.6) is 5.75 Å². The molecule has 28 heteroatoms. The van der Waals surface area contributed by atoms with E-state index in [2.05, 4.69) is 42.4 Å². The minimum absolute atomic E-state index is 0. The van der Waals surface area contributed by atoms with Crippen LogP contribution in [0.3, 0.4) is 0 Å². The second-order valence-electron chi connectivity index (χ2n) is 10.8. The number of nitrogens with zero attached hydrogens (tertiary/aromatic N) is 5. The summed E-state index contributed by atoms with van der Waals surface area (Å²) in [6.07, 6.45) is -1.22. The van der Waals surface area contributed by atoms with E-state index in [-0.39, 0.29) is 143 Å². The van der Waals surface area contributed by atoms with Gasteiger partial charge in [0.05, 0.1) is 34.4 Å². The Balaban J connectivity index is 0.00000374. The van der Waals surface area contributed by atoms with Crippen molar-refractivity contribution < 1.29 is 150 Å².